The lowest BCUT2D eigenvalue weighted by Crippen LogP contribution is -2.24. The van der Waals surface area contributed by atoms with Crippen LogP contribution in [0.15, 0.2) is 30.5 Å². The Morgan fingerprint density at radius 2 is 2.05 bits per heavy atom. The first kappa shape index (κ1) is 16.1. The summed E-state index contributed by atoms with van der Waals surface area (Å²) in [4.78, 5) is 9.62. The maximum absolute atomic E-state index is 9.08. The van der Waals surface area contributed by atoms with E-state index in [2.05, 4.69) is 48.0 Å². The molecule has 114 valence electrons. The lowest BCUT2D eigenvalue weighted by molar-refractivity contribution is 0.212. The Kier molecular flexibility index (Phi) is 6.36. The Morgan fingerprint density at radius 1 is 1.19 bits per heavy atom. The fourth-order valence-corrected chi connectivity index (χ4v) is 3.22. The number of pyridine rings is 1. The number of hydrogen-bond acceptors (Lipinski definition) is 4. The molecule has 0 saturated carbocycles. The highest BCUT2D eigenvalue weighted by Gasteiger charge is 2.09. The number of thiophene rings is 1. The van der Waals surface area contributed by atoms with Crippen LogP contribution in [0.25, 0.3) is 0 Å². The van der Waals surface area contributed by atoms with Gasteiger partial charge in [-0.25, -0.2) is 0 Å². The van der Waals surface area contributed by atoms with E-state index in [0.29, 0.717) is 0 Å². The van der Waals surface area contributed by atoms with Gasteiger partial charge in [0.05, 0.1) is 5.69 Å². The van der Waals surface area contributed by atoms with E-state index in [1.54, 1.807) is 0 Å². The lowest BCUT2D eigenvalue weighted by Gasteiger charge is -2.21. The summed E-state index contributed by atoms with van der Waals surface area (Å²) in [6.07, 6.45) is 3.79. The molecule has 0 radical (unpaired) electrons. The molecule has 1 N–H and O–H groups in total. The molecule has 0 unspecified atom stereocenters. The van der Waals surface area contributed by atoms with Crippen molar-refractivity contribution in [1.29, 1.82) is 0 Å². The van der Waals surface area contributed by atoms with Crippen molar-refractivity contribution in [2.75, 3.05) is 13.2 Å². The van der Waals surface area contributed by atoms with Gasteiger partial charge in [-0.15, -0.1) is 11.3 Å². The van der Waals surface area contributed by atoms with Gasteiger partial charge in [-0.1, -0.05) is 13.0 Å². The molecule has 21 heavy (non-hydrogen) atoms. The van der Waals surface area contributed by atoms with Gasteiger partial charge < -0.3 is 5.11 Å². The molecule has 2 aromatic heterocycles. The largest absolute Gasteiger partial charge is 0.396 e. The Bertz CT molecular complexity index is 536. The van der Waals surface area contributed by atoms with Crippen LogP contribution in [0.1, 0.15) is 34.4 Å². The van der Waals surface area contributed by atoms with Gasteiger partial charge in [0.1, 0.15) is 0 Å². The number of aryl methyl sites for hydroxylation is 2. The third kappa shape index (κ3) is 5.23. The van der Waals surface area contributed by atoms with Crippen LogP contribution < -0.4 is 0 Å². The molecule has 4 heteroatoms. The summed E-state index contributed by atoms with van der Waals surface area (Å²) in [6.45, 7) is 7.17. The van der Waals surface area contributed by atoms with Gasteiger partial charge in [-0.2, -0.15) is 0 Å². The molecule has 2 aromatic rings. The monoisotopic (exact) mass is 304 g/mol. The van der Waals surface area contributed by atoms with Crippen molar-refractivity contribution in [3.05, 3.63) is 51.5 Å². The smallest absolute Gasteiger partial charge is 0.0544 e. The van der Waals surface area contributed by atoms with E-state index in [1.807, 2.05) is 17.5 Å². The summed E-state index contributed by atoms with van der Waals surface area (Å²) in [6, 6.07) is 8.63. The molecular formula is C17H24N2OS. The summed E-state index contributed by atoms with van der Waals surface area (Å²) in [5.74, 6) is 0. The van der Waals surface area contributed by atoms with Crippen LogP contribution in [-0.4, -0.2) is 28.1 Å². The fraction of sp³-hybridized carbons (Fsp3) is 0.471. The average molecular weight is 304 g/mol. The first-order chi connectivity index (χ1) is 10.2. The Labute approximate surface area is 131 Å². The number of aliphatic hydroxyl groups is 1. The van der Waals surface area contributed by atoms with Crippen LogP contribution in [0.3, 0.4) is 0 Å². The van der Waals surface area contributed by atoms with Crippen LogP contribution in [0.4, 0.5) is 0 Å². The van der Waals surface area contributed by atoms with Gasteiger partial charge in [0, 0.05) is 42.2 Å². The highest BCUT2D eigenvalue weighted by atomic mass is 32.1. The molecule has 0 atom stereocenters. The van der Waals surface area contributed by atoms with Gasteiger partial charge in [0.25, 0.3) is 0 Å². The Balaban J connectivity index is 2.00. The second kappa shape index (κ2) is 8.27. The summed E-state index contributed by atoms with van der Waals surface area (Å²) in [5, 5.41) is 9.08. The molecule has 0 spiro atoms. The van der Waals surface area contributed by atoms with Crippen LogP contribution in [0.2, 0.25) is 0 Å². The van der Waals surface area contributed by atoms with Crippen molar-refractivity contribution in [3.63, 3.8) is 0 Å². The molecule has 0 bridgehead atoms. The summed E-state index contributed by atoms with van der Waals surface area (Å²) in [7, 11) is 0. The molecule has 2 rings (SSSR count). The van der Waals surface area contributed by atoms with Crippen molar-refractivity contribution >= 4 is 11.3 Å². The highest BCUT2D eigenvalue weighted by Crippen LogP contribution is 2.18. The van der Waals surface area contributed by atoms with Crippen molar-refractivity contribution in [3.8, 4) is 0 Å². The van der Waals surface area contributed by atoms with E-state index in [9.17, 15) is 0 Å². The summed E-state index contributed by atoms with van der Waals surface area (Å²) < 4.78 is 0. The average Bonchev–Trinajstić information content (AvgIpc) is 2.90. The second-order valence-electron chi connectivity index (χ2n) is 5.31. The van der Waals surface area contributed by atoms with Crippen LogP contribution in [0.5, 0.6) is 0 Å². The van der Waals surface area contributed by atoms with Crippen molar-refractivity contribution in [2.24, 2.45) is 0 Å². The fourth-order valence-electron chi connectivity index (χ4n) is 2.29. The number of rotatable bonds is 8. The van der Waals surface area contributed by atoms with E-state index in [1.165, 1.54) is 15.3 Å². The van der Waals surface area contributed by atoms with E-state index < -0.39 is 0 Å². The third-order valence-electron chi connectivity index (χ3n) is 3.49. The van der Waals surface area contributed by atoms with Gasteiger partial charge >= 0.3 is 0 Å². The first-order valence-electron chi connectivity index (χ1n) is 7.53. The van der Waals surface area contributed by atoms with E-state index in [4.69, 9.17) is 5.11 Å². The Morgan fingerprint density at radius 3 is 2.62 bits per heavy atom. The minimum Gasteiger partial charge on any atom is -0.396 e. The molecule has 2 heterocycles. The molecule has 3 nitrogen and oxygen atoms in total. The molecule has 0 amide bonds. The topological polar surface area (TPSA) is 36.4 Å². The van der Waals surface area contributed by atoms with E-state index in [-0.39, 0.29) is 6.61 Å². The molecule has 0 aliphatic carbocycles. The minimum absolute atomic E-state index is 0.238. The van der Waals surface area contributed by atoms with Gasteiger partial charge in [-0.05, 0) is 43.5 Å². The zero-order valence-electron chi connectivity index (χ0n) is 12.9. The highest BCUT2D eigenvalue weighted by molar-refractivity contribution is 7.11. The molecule has 0 fully saturated rings. The van der Waals surface area contributed by atoms with E-state index >= 15 is 0 Å². The summed E-state index contributed by atoms with van der Waals surface area (Å²) in [5.41, 5.74) is 2.37. The first-order valence-corrected chi connectivity index (χ1v) is 8.35. The number of nitrogens with zero attached hydrogens (tertiary/aromatic N) is 2. The maximum Gasteiger partial charge on any atom is 0.0544 e. The van der Waals surface area contributed by atoms with Crippen molar-refractivity contribution < 1.29 is 5.11 Å². The number of aliphatic hydroxyl groups excluding tert-OH is 1. The predicted molar refractivity (Wildman–Crippen MR) is 88.5 cm³/mol. The SMILES string of the molecule is CCc1ccc(CN(CCCO)Cc2ccc(C)s2)nc1. The van der Waals surface area contributed by atoms with Crippen molar-refractivity contribution in [1.82, 2.24) is 9.88 Å². The predicted octanol–water partition coefficient (Wildman–Crippen LogP) is 3.40. The molecule has 0 aliphatic heterocycles. The normalized spacial score (nSPS) is 11.2. The third-order valence-corrected chi connectivity index (χ3v) is 4.47. The van der Waals surface area contributed by atoms with E-state index in [0.717, 1.165) is 38.2 Å². The number of aromatic nitrogens is 1. The number of hydrogen-bond donors (Lipinski definition) is 1. The van der Waals surface area contributed by atoms with Gasteiger partial charge in [-0.3, -0.25) is 9.88 Å². The van der Waals surface area contributed by atoms with Crippen LogP contribution >= 0.6 is 11.3 Å². The molecule has 0 saturated heterocycles. The molecule has 0 aromatic carbocycles. The standard InChI is InChI=1S/C17H24N2OS/c1-3-15-6-7-16(18-11-15)12-19(9-4-10-20)13-17-8-5-14(2)21-17/h5-8,11,20H,3-4,9-10,12-13H2,1-2H3. The minimum atomic E-state index is 0.238. The Hall–Kier alpha value is -1.23. The van der Waals surface area contributed by atoms with Crippen molar-refractivity contribution in [2.45, 2.75) is 39.8 Å². The van der Waals surface area contributed by atoms with Crippen LogP contribution in [0, 0.1) is 6.92 Å². The second-order valence-corrected chi connectivity index (χ2v) is 6.68. The quantitative estimate of drug-likeness (QED) is 0.812. The lowest BCUT2D eigenvalue weighted by atomic mass is 10.2. The zero-order chi connectivity index (χ0) is 15.1. The summed E-state index contributed by atoms with van der Waals surface area (Å²) >= 11 is 1.84. The van der Waals surface area contributed by atoms with Crippen LogP contribution in [-0.2, 0) is 19.5 Å². The molecule has 0 aliphatic rings. The van der Waals surface area contributed by atoms with Gasteiger partial charge in [0.15, 0.2) is 0 Å². The zero-order valence-corrected chi connectivity index (χ0v) is 13.7. The molecular weight excluding hydrogens is 280 g/mol. The maximum atomic E-state index is 9.08. The van der Waals surface area contributed by atoms with Gasteiger partial charge in [0.2, 0.25) is 0 Å².